The molecule has 2 aromatic heterocycles. The van der Waals surface area contributed by atoms with Gasteiger partial charge in [0.1, 0.15) is 11.8 Å². The standard InChI is InChI=1S/C26H40N4O5/c1-15-21(28-35-23(15)19-13-18(33-7)14-20(34-19)26(3,4)5)24(31)27-22-16(2)29(6)30(25(22)32)17-11-9-8-10-12-17/h17-20H,8-14H2,1-7H3,(H,27,31)/t18-,19-,20+/m0/s1. The van der Waals surface area contributed by atoms with E-state index < -0.39 is 5.91 Å². The fourth-order valence-corrected chi connectivity index (χ4v) is 5.44. The van der Waals surface area contributed by atoms with Crippen LogP contribution in [0.1, 0.15) is 105 Å². The van der Waals surface area contributed by atoms with Crippen molar-refractivity contribution in [3.8, 4) is 0 Å². The Morgan fingerprint density at radius 1 is 1.14 bits per heavy atom. The molecule has 9 nitrogen and oxygen atoms in total. The van der Waals surface area contributed by atoms with E-state index in [1.54, 1.807) is 11.8 Å². The van der Waals surface area contributed by atoms with Gasteiger partial charge in [0.2, 0.25) is 0 Å². The predicted octanol–water partition coefficient (Wildman–Crippen LogP) is 4.83. The van der Waals surface area contributed by atoms with Crippen LogP contribution in [0.4, 0.5) is 5.69 Å². The summed E-state index contributed by atoms with van der Waals surface area (Å²) in [4.78, 5) is 26.5. The number of rotatable bonds is 5. The number of ether oxygens (including phenoxy) is 2. The molecule has 2 aliphatic rings. The van der Waals surface area contributed by atoms with Crippen LogP contribution < -0.4 is 10.9 Å². The number of aromatic nitrogens is 3. The number of carbonyl (C=O) groups excluding carboxylic acids is 1. The third kappa shape index (κ3) is 4.98. The van der Waals surface area contributed by atoms with Gasteiger partial charge < -0.3 is 19.3 Å². The third-order valence-corrected chi connectivity index (χ3v) is 7.80. The molecule has 194 valence electrons. The van der Waals surface area contributed by atoms with Crippen molar-refractivity contribution in [3.05, 3.63) is 33.1 Å². The smallest absolute Gasteiger partial charge is 0.291 e. The van der Waals surface area contributed by atoms with Crippen molar-refractivity contribution in [2.45, 2.75) is 104 Å². The average molecular weight is 489 g/mol. The first-order chi connectivity index (χ1) is 16.5. The van der Waals surface area contributed by atoms with Crippen molar-refractivity contribution in [1.29, 1.82) is 0 Å². The Bertz CT molecular complexity index is 1120. The van der Waals surface area contributed by atoms with Crippen molar-refractivity contribution >= 4 is 11.6 Å². The summed E-state index contributed by atoms with van der Waals surface area (Å²) in [7, 11) is 3.58. The molecule has 0 radical (unpaired) electrons. The first-order valence-electron chi connectivity index (χ1n) is 12.8. The Morgan fingerprint density at radius 2 is 1.83 bits per heavy atom. The zero-order valence-corrected chi connectivity index (χ0v) is 22.1. The van der Waals surface area contributed by atoms with E-state index in [4.69, 9.17) is 14.0 Å². The molecule has 3 heterocycles. The molecule has 4 rings (SSSR count). The molecule has 0 aromatic carbocycles. The topological polar surface area (TPSA) is 101 Å². The molecule has 0 bridgehead atoms. The lowest BCUT2D eigenvalue weighted by Crippen LogP contribution is -2.40. The number of nitrogens with one attached hydrogen (secondary N) is 1. The van der Waals surface area contributed by atoms with Gasteiger partial charge in [-0.3, -0.25) is 14.3 Å². The highest BCUT2D eigenvalue weighted by Crippen LogP contribution is 2.40. The van der Waals surface area contributed by atoms with Crippen LogP contribution in [0.3, 0.4) is 0 Å². The van der Waals surface area contributed by atoms with Gasteiger partial charge in [-0.15, -0.1) is 0 Å². The lowest BCUT2D eigenvalue weighted by Gasteiger charge is -2.40. The van der Waals surface area contributed by atoms with Gasteiger partial charge in [-0.25, -0.2) is 4.68 Å². The second kappa shape index (κ2) is 9.93. The molecule has 1 saturated heterocycles. The first-order valence-corrected chi connectivity index (χ1v) is 12.8. The number of methoxy groups -OCH3 is 1. The number of amides is 1. The summed E-state index contributed by atoms with van der Waals surface area (Å²) >= 11 is 0. The SMILES string of the molecule is CO[C@H]1C[C@@H](c2onc(C(=O)Nc3c(C)n(C)n(C4CCCCC4)c3=O)c2C)O[C@@H](C(C)(C)C)C1. The van der Waals surface area contributed by atoms with Crippen molar-refractivity contribution in [3.63, 3.8) is 0 Å². The van der Waals surface area contributed by atoms with Crippen LogP contribution in [0.15, 0.2) is 9.32 Å². The molecule has 0 unspecified atom stereocenters. The molecule has 2 fully saturated rings. The highest BCUT2D eigenvalue weighted by atomic mass is 16.5. The molecule has 2 aromatic rings. The molecular weight excluding hydrogens is 448 g/mol. The Kier molecular flexibility index (Phi) is 7.29. The van der Waals surface area contributed by atoms with Gasteiger partial charge in [-0.2, -0.15) is 0 Å². The van der Waals surface area contributed by atoms with Crippen molar-refractivity contribution < 1.29 is 18.8 Å². The number of hydrogen-bond acceptors (Lipinski definition) is 6. The van der Waals surface area contributed by atoms with Crippen LogP contribution in [-0.4, -0.2) is 39.7 Å². The summed E-state index contributed by atoms with van der Waals surface area (Å²) in [6.45, 7) is 10.1. The largest absolute Gasteiger partial charge is 0.381 e. The van der Waals surface area contributed by atoms with Gasteiger partial charge >= 0.3 is 0 Å². The molecule has 1 aliphatic heterocycles. The quantitative estimate of drug-likeness (QED) is 0.647. The minimum atomic E-state index is -0.453. The summed E-state index contributed by atoms with van der Waals surface area (Å²) in [5.74, 6) is 0.0844. The van der Waals surface area contributed by atoms with E-state index in [1.165, 1.54) is 6.42 Å². The molecule has 1 saturated carbocycles. The first kappa shape index (κ1) is 25.7. The minimum Gasteiger partial charge on any atom is -0.381 e. The van der Waals surface area contributed by atoms with E-state index in [2.05, 4.69) is 31.2 Å². The Hall–Kier alpha value is -2.39. The van der Waals surface area contributed by atoms with Crippen LogP contribution >= 0.6 is 0 Å². The highest BCUT2D eigenvalue weighted by molar-refractivity contribution is 6.04. The van der Waals surface area contributed by atoms with Crippen LogP contribution in [0.2, 0.25) is 0 Å². The van der Waals surface area contributed by atoms with Crippen LogP contribution in [0.25, 0.3) is 0 Å². The van der Waals surface area contributed by atoms with Gasteiger partial charge in [0.15, 0.2) is 11.5 Å². The Labute approximate surface area is 207 Å². The summed E-state index contributed by atoms with van der Waals surface area (Å²) in [5.41, 5.74) is 1.58. The maximum Gasteiger partial charge on any atom is 0.291 e. The van der Waals surface area contributed by atoms with Crippen molar-refractivity contribution in [2.24, 2.45) is 12.5 Å². The lowest BCUT2D eigenvalue weighted by atomic mass is 9.82. The maximum absolute atomic E-state index is 13.3. The van der Waals surface area contributed by atoms with Crippen LogP contribution in [0.5, 0.6) is 0 Å². The normalized spacial score (nSPS) is 24.0. The fraction of sp³-hybridized carbons (Fsp3) is 0.731. The lowest BCUT2D eigenvalue weighted by molar-refractivity contribution is -0.150. The number of hydrogen-bond donors (Lipinski definition) is 1. The molecule has 1 N–H and O–H groups in total. The van der Waals surface area contributed by atoms with E-state index in [9.17, 15) is 9.59 Å². The predicted molar refractivity (Wildman–Crippen MR) is 133 cm³/mol. The second-order valence-electron chi connectivity index (χ2n) is 11.2. The van der Waals surface area contributed by atoms with Crippen molar-refractivity contribution in [1.82, 2.24) is 14.5 Å². The molecule has 3 atom stereocenters. The second-order valence-corrected chi connectivity index (χ2v) is 11.2. The van der Waals surface area contributed by atoms with Gasteiger partial charge in [-0.1, -0.05) is 45.2 Å². The molecular formula is C26H40N4O5. The third-order valence-electron chi connectivity index (χ3n) is 7.80. The van der Waals surface area contributed by atoms with Crippen LogP contribution in [-0.2, 0) is 16.5 Å². The van der Waals surface area contributed by atoms with Crippen LogP contribution in [0, 0.1) is 19.3 Å². The molecule has 35 heavy (non-hydrogen) atoms. The Morgan fingerprint density at radius 3 is 2.46 bits per heavy atom. The zero-order valence-electron chi connectivity index (χ0n) is 22.1. The monoisotopic (exact) mass is 488 g/mol. The minimum absolute atomic E-state index is 0.0156. The van der Waals surface area contributed by atoms with E-state index in [0.29, 0.717) is 23.4 Å². The van der Waals surface area contributed by atoms with E-state index in [0.717, 1.165) is 37.8 Å². The maximum atomic E-state index is 13.3. The fourth-order valence-electron chi connectivity index (χ4n) is 5.44. The molecule has 0 spiro atoms. The Balaban J connectivity index is 1.57. The number of anilines is 1. The molecule has 1 amide bonds. The summed E-state index contributed by atoms with van der Waals surface area (Å²) in [6.07, 6.45) is 6.50. The van der Waals surface area contributed by atoms with Gasteiger partial charge in [-0.05, 0) is 32.1 Å². The number of nitrogens with zero attached hydrogens (tertiary/aromatic N) is 3. The van der Waals surface area contributed by atoms with Gasteiger partial charge in [0.25, 0.3) is 11.5 Å². The summed E-state index contributed by atoms with van der Waals surface area (Å²) < 4.78 is 21.4. The van der Waals surface area contributed by atoms with E-state index >= 15 is 0 Å². The highest BCUT2D eigenvalue weighted by Gasteiger charge is 2.39. The van der Waals surface area contributed by atoms with E-state index in [-0.39, 0.29) is 41.0 Å². The number of carbonyl (C=O) groups is 1. The average Bonchev–Trinajstić information content (AvgIpc) is 3.31. The summed E-state index contributed by atoms with van der Waals surface area (Å²) in [5, 5.41) is 6.90. The summed E-state index contributed by atoms with van der Waals surface area (Å²) in [6, 6.07) is 0.166. The van der Waals surface area contributed by atoms with Gasteiger partial charge in [0, 0.05) is 32.6 Å². The van der Waals surface area contributed by atoms with Gasteiger partial charge in [0.05, 0.1) is 23.9 Å². The molecule has 1 aliphatic carbocycles. The van der Waals surface area contributed by atoms with Crippen molar-refractivity contribution in [2.75, 3.05) is 12.4 Å². The van der Waals surface area contributed by atoms with E-state index in [1.807, 2.05) is 25.6 Å². The molecule has 9 heteroatoms. The zero-order chi connectivity index (χ0) is 25.5.